The molecular weight excluding hydrogens is 140 g/mol. The van der Waals surface area contributed by atoms with Crippen LogP contribution in [0, 0.1) is 5.92 Å². The Hall–Kier alpha value is -0.830. The Kier molecular flexibility index (Phi) is 2.65. The summed E-state index contributed by atoms with van der Waals surface area (Å²) >= 11 is 0. The molecule has 1 aromatic rings. The van der Waals surface area contributed by atoms with Crippen molar-refractivity contribution in [3.63, 3.8) is 0 Å². The van der Waals surface area contributed by atoms with Gasteiger partial charge in [-0.25, -0.2) is 0 Å². The SMILES string of the molecule is CC(C)Cc1cc(CO)[nH]n1. The Labute approximate surface area is 66.4 Å². The molecule has 0 bridgehead atoms. The molecule has 0 aromatic carbocycles. The number of aromatic amines is 1. The van der Waals surface area contributed by atoms with Gasteiger partial charge in [0.25, 0.3) is 0 Å². The van der Waals surface area contributed by atoms with Crippen molar-refractivity contribution < 1.29 is 5.11 Å². The third-order valence-corrected chi connectivity index (χ3v) is 1.47. The maximum absolute atomic E-state index is 8.71. The number of nitrogens with one attached hydrogen (secondary N) is 1. The molecule has 0 unspecified atom stereocenters. The second-order valence-corrected chi connectivity index (χ2v) is 3.14. The number of H-pyrrole nitrogens is 1. The largest absolute Gasteiger partial charge is 0.390 e. The van der Waals surface area contributed by atoms with Crippen LogP contribution >= 0.6 is 0 Å². The maximum Gasteiger partial charge on any atom is 0.0847 e. The zero-order chi connectivity index (χ0) is 8.27. The molecule has 0 aliphatic rings. The van der Waals surface area contributed by atoms with E-state index in [2.05, 4.69) is 24.0 Å². The lowest BCUT2D eigenvalue weighted by Gasteiger charge is -1.97. The highest BCUT2D eigenvalue weighted by Crippen LogP contribution is 2.06. The second kappa shape index (κ2) is 3.53. The number of aromatic nitrogens is 2. The fourth-order valence-electron chi connectivity index (χ4n) is 1.01. The molecule has 0 saturated carbocycles. The van der Waals surface area contributed by atoms with Gasteiger partial charge in [-0.2, -0.15) is 5.10 Å². The monoisotopic (exact) mass is 154 g/mol. The summed E-state index contributed by atoms with van der Waals surface area (Å²) in [6, 6.07) is 1.90. The zero-order valence-electron chi connectivity index (χ0n) is 6.96. The van der Waals surface area contributed by atoms with Crippen LogP contribution in [-0.4, -0.2) is 15.3 Å². The third kappa shape index (κ3) is 2.35. The molecule has 1 heterocycles. The van der Waals surface area contributed by atoms with Gasteiger partial charge in [-0.3, -0.25) is 5.10 Å². The van der Waals surface area contributed by atoms with Crippen molar-refractivity contribution in [1.82, 2.24) is 10.2 Å². The first kappa shape index (κ1) is 8.27. The Morgan fingerprint density at radius 2 is 2.36 bits per heavy atom. The summed E-state index contributed by atoms with van der Waals surface area (Å²) < 4.78 is 0. The van der Waals surface area contributed by atoms with E-state index >= 15 is 0 Å². The molecule has 0 radical (unpaired) electrons. The maximum atomic E-state index is 8.71. The van der Waals surface area contributed by atoms with Crippen LogP contribution in [0.25, 0.3) is 0 Å². The topological polar surface area (TPSA) is 48.9 Å². The minimum atomic E-state index is 0.0467. The van der Waals surface area contributed by atoms with Gasteiger partial charge in [0, 0.05) is 0 Å². The first-order chi connectivity index (χ1) is 5.22. The molecule has 0 fully saturated rings. The van der Waals surface area contributed by atoms with E-state index in [4.69, 9.17) is 5.11 Å². The molecule has 0 atom stereocenters. The molecule has 1 rings (SSSR count). The lowest BCUT2D eigenvalue weighted by Crippen LogP contribution is -1.93. The summed E-state index contributed by atoms with van der Waals surface area (Å²) in [5.41, 5.74) is 1.82. The summed E-state index contributed by atoms with van der Waals surface area (Å²) in [5.74, 6) is 0.616. The number of hydrogen-bond donors (Lipinski definition) is 2. The van der Waals surface area contributed by atoms with Gasteiger partial charge in [-0.05, 0) is 18.4 Å². The Morgan fingerprint density at radius 1 is 1.64 bits per heavy atom. The van der Waals surface area contributed by atoms with E-state index < -0.39 is 0 Å². The highest BCUT2D eigenvalue weighted by atomic mass is 16.3. The van der Waals surface area contributed by atoms with Gasteiger partial charge in [0.15, 0.2) is 0 Å². The molecule has 0 spiro atoms. The van der Waals surface area contributed by atoms with E-state index in [9.17, 15) is 0 Å². The molecule has 62 valence electrons. The normalized spacial score (nSPS) is 10.9. The van der Waals surface area contributed by atoms with Crippen LogP contribution in [0.15, 0.2) is 6.07 Å². The van der Waals surface area contributed by atoms with Crippen LogP contribution in [0.2, 0.25) is 0 Å². The molecule has 2 N–H and O–H groups in total. The summed E-state index contributed by atoms with van der Waals surface area (Å²) in [6.45, 7) is 4.34. The predicted molar refractivity (Wildman–Crippen MR) is 43.1 cm³/mol. The number of nitrogens with zero attached hydrogens (tertiary/aromatic N) is 1. The lowest BCUT2D eigenvalue weighted by atomic mass is 10.1. The summed E-state index contributed by atoms with van der Waals surface area (Å²) in [4.78, 5) is 0. The van der Waals surface area contributed by atoms with Gasteiger partial charge in [0.2, 0.25) is 0 Å². The Balaban J connectivity index is 2.58. The van der Waals surface area contributed by atoms with Crippen molar-refractivity contribution in [3.8, 4) is 0 Å². The van der Waals surface area contributed by atoms with E-state index in [1.807, 2.05) is 6.07 Å². The van der Waals surface area contributed by atoms with Crippen molar-refractivity contribution in [2.45, 2.75) is 26.9 Å². The molecule has 0 amide bonds. The predicted octanol–water partition coefficient (Wildman–Crippen LogP) is 1.10. The highest BCUT2D eigenvalue weighted by molar-refractivity contribution is 5.07. The van der Waals surface area contributed by atoms with Gasteiger partial charge in [-0.1, -0.05) is 13.8 Å². The van der Waals surface area contributed by atoms with Crippen LogP contribution in [0.5, 0.6) is 0 Å². The first-order valence-corrected chi connectivity index (χ1v) is 3.86. The van der Waals surface area contributed by atoms with Crippen LogP contribution in [0.4, 0.5) is 0 Å². The third-order valence-electron chi connectivity index (χ3n) is 1.47. The average molecular weight is 154 g/mol. The molecule has 3 nitrogen and oxygen atoms in total. The molecule has 0 aliphatic heterocycles. The van der Waals surface area contributed by atoms with Gasteiger partial charge >= 0.3 is 0 Å². The van der Waals surface area contributed by atoms with Crippen molar-refractivity contribution in [2.75, 3.05) is 0 Å². The molecule has 0 aliphatic carbocycles. The van der Waals surface area contributed by atoms with Crippen molar-refractivity contribution >= 4 is 0 Å². The van der Waals surface area contributed by atoms with Crippen LogP contribution in [-0.2, 0) is 13.0 Å². The number of hydrogen-bond acceptors (Lipinski definition) is 2. The van der Waals surface area contributed by atoms with E-state index in [1.165, 1.54) is 0 Å². The van der Waals surface area contributed by atoms with Crippen molar-refractivity contribution in [3.05, 3.63) is 17.5 Å². The molecular formula is C8H14N2O. The number of aliphatic hydroxyl groups excluding tert-OH is 1. The van der Waals surface area contributed by atoms with E-state index in [0.717, 1.165) is 17.8 Å². The Bertz CT molecular complexity index is 218. The van der Waals surface area contributed by atoms with E-state index in [-0.39, 0.29) is 6.61 Å². The number of aliphatic hydroxyl groups is 1. The van der Waals surface area contributed by atoms with Gasteiger partial charge in [0.1, 0.15) is 0 Å². The number of rotatable bonds is 3. The minimum Gasteiger partial charge on any atom is -0.390 e. The van der Waals surface area contributed by atoms with Crippen molar-refractivity contribution in [2.24, 2.45) is 5.92 Å². The van der Waals surface area contributed by atoms with Crippen LogP contribution in [0.1, 0.15) is 25.2 Å². The smallest absolute Gasteiger partial charge is 0.0847 e. The van der Waals surface area contributed by atoms with Crippen molar-refractivity contribution in [1.29, 1.82) is 0 Å². The van der Waals surface area contributed by atoms with Gasteiger partial charge < -0.3 is 5.11 Å². The average Bonchev–Trinajstić information content (AvgIpc) is 2.34. The molecule has 0 saturated heterocycles. The molecule has 3 heteroatoms. The second-order valence-electron chi connectivity index (χ2n) is 3.14. The molecule has 1 aromatic heterocycles. The zero-order valence-corrected chi connectivity index (χ0v) is 6.96. The lowest BCUT2D eigenvalue weighted by molar-refractivity contribution is 0.276. The minimum absolute atomic E-state index is 0.0467. The quantitative estimate of drug-likeness (QED) is 0.685. The standard InChI is InChI=1S/C8H14N2O/c1-6(2)3-7-4-8(5-11)10-9-7/h4,6,11H,3,5H2,1-2H3,(H,9,10). The Morgan fingerprint density at radius 3 is 2.82 bits per heavy atom. The highest BCUT2D eigenvalue weighted by Gasteiger charge is 2.01. The van der Waals surface area contributed by atoms with E-state index in [1.54, 1.807) is 0 Å². The van der Waals surface area contributed by atoms with Gasteiger partial charge in [0.05, 0.1) is 18.0 Å². The fraction of sp³-hybridized carbons (Fsp3) is 0.625. The van der Waals surface area contributed by atoms with Gasteiger partial charge in [-0.15, -0.1) is 0 Å². The summed E-state index contributed by atoms with van der Waals surface area (Å²) in [7, 11) is 0. The first-order valence-electron chi connectivity index (χ1n) is 3.86. The van der Waals surface area contributed by atoms with Crippen LogP contribution in [0.3, 0.4) is 0 Å². The summed E-state index contributed by atoms with van der Waals surface area (Å²) in [5, 5.41) is 15.5. The van der Waals surface area contributed by atoms with E-state index in [0.29, 0.717) is 5.92 Å². The summed E-state index contributed by atoms with van der Waals surface area (Å²) in [6.07, 6.45) is 0.969. The molecule has 11 heavy (non-hydrogen) atoms. The van der Waals surface area contributed by atoms with Crippen LogP contribution < -0.4 is 0 Å². The fourth-order valence-corrected chi connectivity index (χ4v) is 1.01.